The normalized spacial score (nSPS) is 11.4. The predicted molar refractivity (Wildman–Crippen MR) is 106 cm³/mol. The lowest BCUT2D eigenvalue weighted by molar-refractivity contribution is 0.321. The summed E-state index contributed by atoms with van der Waals surface area (Å²) in [5.74, 6) is 1.72. The van der Waals surface area contributed by atoms with Crippen molar-refractivity contribution in [3.8, 4) is 5.75 Å². The molecule has 0 spiro atoms. The molecule has 136 valence electrons. The third-order valence-electron chi connectivity index (χ3n) is 3.67. The van der Waals surface area contributed by atoms with Gasteiger partial charge in [0.05, 0.1) is 17.2 Å². The highest BCUT2D eigenvalue weighted by atomic mass is 32.1. The number of aromatic nitrogens is 1. The monoisotopic (exact) mass is 360 g/mol. The Hall–Kier alpha value is -2.08. The van der Waals surface area contributed by atoms with Gasteiger partial charge in [-0.05, 0) is 45.4 Å². The van der Waals surface area contributed by atoms with E-state index in [1.807, 2.05) is 18.2 Å². The molecule has 25 heavy (non-hydrogen) atoms. The zero-order valence-electron chi connectivity index (χ0n) is 15.6. The van der Waals surface area contributed by atoms with Crippen molar-refractivity contribution in [3.63, 3.8) is 0 Å². The predicted octanol–water partition coefficient (Wildman–Crippen LogP) is 3.24. The number of nitrogens with one attached hydrogen (secondary N) is 2. The average molecular weight is 361 g/mol. The molecular weight excluding hydrogens is 332 g/mol. The first-order valence-electron chi connectivity index (χ1n) is 8.73. The Bertz CT molecular complexity index is 677. The van der Waals surface area contributed by atoms with Crippen LogP contribution in [0.2, 0.25) is 0 Å². The van der Waals surface area contributed by atoms with Crippen molar-refractivity contribution in [3.05, 3.63) is 45.4 Å². The summed E-state index contributed by atoms with van der Waals surface area (Å²) < 4.78 is 5.75. The molecular formula is C19H28N4OS. The van der Waals surface area contributed by atoms with Gasteiger partial charge in [-0.1, -0.05) is 12.1 Å². The van der Waals surface area contributed by atoms with Crippen LogP contribution in [0.3, 0.4) is 0 Å². The van der Waals surface area contributed by atoms with Crippen molar-refractivity contribution in [2.24, 2.45) is 4.99 Å². The highest BCUT2D eigenvalue weighted by Gasteiger charge is 2.03. The van der Waals surface area contributed by atoms with Crippen LogP contribution in [0.15, 0.2) is 29.3 Å². The van der Waals surface area contributed by atoms with Gasteiger partial charge in [-0.2, -0.15) is 0 Å². The molecule has 0 radical (unpaired) electrons. The summed E-state index contributed by atoms with van der Waals surface area (Å²) in [5, 5.41) is 7.72. The van der Waals surface area contributed by atoms with Gasteiger partial charge in [-0.3, -0.25) is 4.99 Å². The van der Waals surface area contributed by atoms with E-state index >= 15 is 0 Å². The largest absolute Gasteiger partial charge is 0.492 e. The van der Waals surface area contributed by atoms with E-state index in [1.165, 1.54) is 10.4 Å². The molecule has 0 aliphatic carbocycles. The molecule has 1 aromatic carbocycles. The third kappa shape index (κ3) is 6.74. The molecule has 0 aliphatic rings. The summed E-state index contributed by atoms with van der Waals surface area (Å²) in [4.78, 5) is 10.5. The van der Waals surface area contributed by atoms with Crippen molar-refractivity contribution in [1.82, 2.24) is 15.6 Å². The van der Waals surface area contributed by atoms with E-state index in [-0.39, 0.29) is 0 Å². The first-order valence-corrected chi connectivity index (χ1v) is 9.54. The topological polar surface area (TPSA) is 58.5 Å². The number of aryl methyl sites for hydroxylation is 3. The minimum atomic E-state index is 0.596. The van der Waals surface area contributed by atoms with Crippen molar-refractivity contribution >= 4 is 17.3 Å². The van der Waals surface area contributed by atoms with Gasteiger partial charge in [0.15, 0.2) is 5.96 Å². The lowest BCUT2D eigenvalue weighted by atomic mass is 10.2. The first-order chi connectivity index (χ1) is 12.1. The van der Waals surface area contributed by atoms with Crippen LogP contribution in [-0.2, 0) is 6.42 Å². The molecule has 2 aromatic rings. The van der Waals surface area contributed by atoms with Crippen molar-refractivity contribution < 1.29 is 4.74 Å². The Kier molecular flexibility index (Phi) is 7.73. The highest BCUT2D eigenvalue weighted by Crippen LogP contribution is 2.16. The zero-order chi connectivity index (χ0) is 18.1. The van der Waals surface area contributed by atoms with E-state index in [2.05, 4.69) is 54.4 Å². The molecule has 0 amide bonds. The van der Waals surface area contributed by atoms with Crippen LogP contribution in [0.4, 0.5) is 0 Å². The second-order valence-corrected chi connectivity index (χ2v) is 7.14. The summed E-state index contributed by atoms with van der Waals surface area (Å²) >= 11 is 1.76. The average Bonchev–Trinajstić information content (AvgIpc) is 2.89. The van der Waals surface area contributed by atoms with Gasteiger partial charge in [0, 0.05) is 24.4 Å². The van der Waals surface area contributed by atoms with Crippen molar-refractivity contribution in [2.45, 2.75) is 34.1 Å². The van der Waals surface area contributed by atoms with Gasteiger partial charge in [-0.15, -0.1) is 11.3 Å². The maximum Gasteiger partial charge on any atom is 0.191 e. The van der Waals surface area contributed by atoms with E-state index < -0.39 is 0 Å². The fourth-order valence-corrected chi connectivity index (χ4v) is 3.22. The molecule has 0 fully saturated rings. The molecule has 2 rings (SSSR count). The van der Waals surface area contributed by atoms with Gasteiger partial charge in [0.2, 0.25) is 0 Å². The molecule has 0 unspecified atom stereocenters. The quantitative estimate of drug-likeness (QED) is 0.431. The fourth-order valence-electron chi connectivity index (χ4n) is 2.29. The SMILES string of the molecule is CCNC(=NCCc1nc(C)c(C)s1)NCCOc1cccc(C)c1. The number of guanidine groups is 1. The smallest absolute Gasteiger partial charge is 0.191 e. The minimum absolute atomic E-state index is 0.596. The molecule has 1 aromatic heterocycles. The van der Waals surface area contributed by atoms with Gasteiger partial charge in [-0.25, -0.2) is 4.98 Å². The Labute approximate surface area is 154 Å². The van der Waals surface area contributed by atoms with E-state index in [9.17, 15) is 0 Å². The first kappa shape index (κ1) is 19.2. The van der Waals surface area contributed by atoms with Crippen LogP contribution in [0, 0.1) is 20.8 Å². The van der Waals surface area contributed by atoms with Gasteiger partial charge in [0.25, 0.3) is 0 Å². The second-order valence-electron chi connectivity index (χ2n) is 5.85. The number of rotatable bonds is 8. The Morgan fingerprint density at radius 3 is 2.76 bits per heavy atom. The van der Waals surface area contributed by atoms with E-state index in [1.54, 1.807) is 11.3 Å². The van der Waals surface area contributed by atoms with Crippen LogP contribution in [0.1, 0.15) is 28.1 Å². The van der Waals surface area contributed by atoms with E-state index in [0.29, 0.717) is 13.2 Å². The van der Waals surface area contributed by atoms with Crippen LogP contribution in [0.5, 0.6) is 5.75 Å². The summed E-state index contributed by atoms with van der Waals surface area (Å²) in [7, 11) is 0. The Balaban J connectivity index is 1.75. The van der Waals surface area contributed by atoms with Crippen LogP contribution < -0.4 is 15.4 Å². The molecule has 2 N–H and O–H groups in total. The summed E-state index contributed by atoms with van der Waals surface area (Å²) in [5.41, 5.74) is 2.33. The number of hydrogen-bond acceptors (Lipinski definition) is 4. The number of nitrogens with zero attached hydrogens (tertiary/aromatic N) is 2. The number of thiazole rings is 1. The minimum Gasteiger partial charge on any atom is -0.492 e. The lowest BCUT2D eigenvalue weighted by Gasteiger charge is -2.12. The van der Waals surface area contributed by atoms with Crippen LogP contribution in [0.25, 0.3) is 0 Å². The van der Waals surface area contributed by atoms with Gasteiger partial charge >= 0.3 is 0 Å². The molecule has 0 saturated carbocycles. The van der Waals surface area contributed by atoms with Crippen molar-refractivity contribution in [1.29, 1.82) is 0 Å². The molecule has 0 aliphatic heterocycles. The van der Waals surface area contributed by atoms with Gasteiger partial charge < -0.3 is 15.4 Å². The highest BCUT2D eigenvalue weighted by molar-refractivity contribution is 7.11. The molecule has 6 heteroatoms. The van der Waals surface area contributed by atoms with E-state index in [0.717, 1.165) is 41.9 Å². The van der Waals surface area contributed by atoms with Gasteiger partial charge in [0.1, 0.15) is 12.4 Å². The Morgan fingerprint density at radius 2 is 2.08 bits per heavy atom. The van der Waals surface area contributed by atoms with Crippen molar-refractivity contribution in [2.75, 3.05) is 26.2 Å². The molecule has 0 atom stereocenters. The zero-order valence-corrected chi connectivity index (χ0v) is 16.4. The standard InChI is InChI=1S/C19H28N4OS/c1-5-20-19(21-10-9-18-23-15(3)16(4)25-18)22-11-12-24-17-8-6-7-14(2)13-17/h6-8,13H,5,9-12H2,1-4H3,(H2,20,21,22). The Morgan fingerprint density at radius 1 is 1.24 bits per heavy atom. The number of ether oxygens (including phenoxy) is 1. The molecule has 5 nitrogen and oxygen atoms in total. The molecule has 1 heterocycles. The fraction of sp³-hybridized carbons (Fsp3) is 0.474. The molecule has 0 saturated heterocycles. The number of hydrogen-bond donors (Lipinski definition) is 2. The summed E-state index contributed by atoms with van der Waals surface area (Å²) in [6.45, 7) is 11.1. The maximum atomic E-state index is 5.75. The molecule has 0 bridgehead atoms. The summed E-state index contributed by atoms with van der Waals surface area (Å²) in [6, 6.07) is 8.08. The second kappa shape index (κ2) is 10.0. The third-order valence-corrected chi connectivity index (χ3v) is 4.80. The summed E-state index contributed by atoms with van der Waals surface area (Å²) in [6.07, 6.45) is 0.871. The maximum absolute atomic E-state index is 5.75. The lowest BCUT2D eigenvalue weighted by Crippen LogP contribution is -2.39. The van der Waals surface area contributed by atoms with Crippen LogP contribution in [-0.4, -0.2) is 37.2 Å². The van der Waals surface area contributed by atoms with E-state index in [4.69, 9.17) is 4.74 Å². The number of aliphatic imine (C=N–C) groups is 1. The van der Waals surface area contributed by atoms with Crippen LogP contribution >= 0.6 is 11.3 Å². The number of benzene rings is 1.